The Morgan fingerprint density at radius 2 is 1.90 bits per heavy atom. The van der Waals surface area contributed by atoms with Gasteiger partial charge in [0.2, 0.25) is 0 Å². The maximum absolute atomic E-state index is 13.4. The van der Waals surface area contributed by atoms with Gasteiger partial charge >= 0.3 is 0 Å². The summed E-state index contributed by atoms with van der Waals surface area (Å²) in [7, 11) is 0. The lowest BCUT2D eigenvalue weighted by Gasteiger charge is -2.35. The Morgan fingerprint density at radius 3 is 2.59 bits per heavy atom. The molecule has 1 N–H and O–H groups in total. The number of nitrogens with zero attached hydrogens (tertiary/aromatic N) is 1. The molecular formula is C25H38N2OS. The number of hydrogen-bond donors (Lipinski definition) is 1. The fourth-order valence-corrected chi connectivity index (χ4v) is 5.55. The van der Waals surface area contributed by atoms with E-state index in [9.17, 15) is 4.79 Å². The molecule has 1 heterocycles. The average Bonchev–Trinajstić information content (AvgIpc) is 2.69. The molecule has 3 nitrogen and oxygen atoms in total. The van der Waals surface area contributed by atoms with E-state index < -0.39 is 0 Å². The highest BCUT2D eigenvalue weighted by Gasteiger charge is 2.38. The third-order valence-corrected chi connectivity index (χ3v) is 7.50. The Balaban J connectivity index is 1.99. The zero-order valence-electron chi connectivity index (χ0n) is 18.4. The van der Waals surface area contributed by atoms with Crippen molar-refractivity contribution in [3.8, 4) is 0 Å². The van der Waals surface area contributed by atoms with Crippen LogP contribution in [0.2, 0.25) is 0 Å². The number of carbonyl (C=O) groups is 1. The molecule has 29 heavy (non-hydrogen) atoms. The number of Topliss-reactive ketones (excluding diaryl/α,β-unsaturated/α-hetero) is 1. The van der Waals surface area contributed by atoms with E-state index >= 15 is 0 Å². The molecule has 0 fully saturated rings. The van der Waals surface area contributed by atoms with E-state index in [4.69, 9.17) is 0 Å². The van der Waals surface area contributed by atoms with Gasteiger partial charge in [-0.2, -0.15) is 0 Å². The maximum atomic E-state index is 13.4. The maximum Gasteiger partial charge on any atom is 0.168 e. The molecule has 0 aromatic rings. The van der Waals surface area contributed by atoms with Crippen LogP contribution in [-0.4, -0.2) is 48.7 Å². The minimum atomic E-state index is 0.0606. The van der Waals surface area contributed by atoms with E-state index in [1.54, 1.807) is 0 Å². The van der Waals surface area contributed by atoms with Crippen molar-refractivity contribution in [1.29, 1.82) is 0 Å². The fourth-order valence-electron chi connectivity index (χ4n) is 4.03. The van der Waals surface area contributed by atoms with E-state index in [0.717, 1.165) is 62.5 Å². The number of thioether (sulfide) groups is 1. The SMILES string of the molecule is C=CCC(C)C1SC2=C(/C=C/C=C\C=C2)C(=O)C1CCNCCCN(CC)CC. The monoisotopic (exact) mass is 414 g/mol. The van der Waals surface area contributed by atoms with Gasteiger partial charge in [0, 0.05) is 21.6 Å². The highest BCUT2D eigenvalue weighted by atomic mass is 32.2. The predicted octanol–water partition coefficient (Wildman–Crippen LogP) is 5.15. The Labute approximate surface area is 182 Å². The molecule has 4 heteroatoms. The smallest absolute Gasteiger partial charge is 0.168 e. The molecule has 2 rings (SSSR count). The van der Waals surface area contributed by atoms with Crippen LogP contribution in [0.4, 0.5) is 0 Å². The summed E-state index contributed by atoms with van der Waals surface area (Å²) in [5.41, 5.74) is 0.879. The lowest BCUT2D eigenvalue weighted by Crippen LogP contribution is -2.37. The number of allylic oxidation sites excluding steroid dienone is 8. The predicted molar refractivity (Wildman–Crippen MR) is 128 cm³/mol. The Bertz CT molecular complexity index is 658. The molecule has 0 radical (unpaired) electrons. The number of hydrogen-bond acceptors (Lipinski definition) is 4. The van der Waals surface area contributed by atoms with Crippen molar-refractivity contribution in [2.45, 2.75) is 45.3 Å². The standard InChI is InChI=1S/C25H38N2OS/c1-5-13-20(4)25-22(16-18-26-17-12-19-27(6-2)7-3)24(28)21-14-10-8-9-11-15-23(21)29-25/h5,8-11,14-15,20,22,25-26H,1,6-7,12-13,16-19H2,2-4H3/b9-8-,10-8?,11-9?,14-10+,15-11?,21-14?,23-15?. The first-order chi connectivity index (χ1) is 14.1. The van der Waals surface area contributed by atoms with Crippen LogP contribution in [0.3, 0.4) is 0 Å². The lowest BCUT2D eigenvalue weighted by atomic mass is 9.83. The molecule has 0 aromatic heterocycles. The number of nitrogens with one attached hydrogen (secondary N) is 1. The quantitative estimate of drug-likeness (QED) is 0.354. The third kappa shape index (κ3) is 7.13. The van der Waals surface area contributed by atoms with Crippen LogP contribution < -0.4 is 5.32 Å². The molecule has 160 valence electrons. The van der Waals surface area contributed by atoms with E-state index in [1.165, 1.54) is 0 Å². The second-order valence-electron chi connectivity index (χ2n) is 7.86. The van der Waals surface area contributed by atoms with Crippen molar-refractivity contribution in [3.63, 3.8) is 0 Å². The normalized spacial score (nSPS) is 24.8. The molecule has 0 saturated heterocycles. The number of ketones is 1. The summed E-state index contributed by atoms with van der Waals surface area (Å²) >= 11 is 1.88. The summed E-state index contributed by atoms with van der Waals surface area (Å²) in [6, 6.07) is 0. The van der Waals surface area contributed by atoms with Gasteiger partial charge in [0.25, 0.3) is 0 Å². The van der Waals surface area contributed by atoms with Gasteiger partial charge in [0.05, 0.1) is 0 Å². The molecule has 0 amide bonds. The van der Waals surface area contributed by atoms with Gasteiger partial charge in [-0.25, -0.2) is 0 Å². The van der Waals surface area contributed by atoms with Crippen LogP contribution in [0.1, 0.15) is 40.0 Å². The summed E-state index contributed by atoms with van der Waals surface area (Å²) in [6.45, 7) is 15.9. The van der Waals surface area contributed by atoms with Crippen molar-refractivity contribution in [2.24, 2.45) is 11.8 Å². The highest BCUT2D eigenvalue weighted by molar-refractivity contribution is 8.04. The first-order valence-corrected chi connectivity index (χ1v) is 12.0. The summed E-state index contributed by atoms with van der Waals surface area (Å²) in [5.74, 6) is 0.799. The van der Waals surface area contributed by atoms with E-state index in [1.807, 2.05) is 48.2 Å². The van der Waals surface area contributed by atoms with Gasteiger partial charge in [-0.15, -0.1) is 18.3 Å². The molecule has 1 aliphatic heterocycles. The van der Waals surface area contributed by atoms with Gasteiger partial charge in [-0.05, 0) is 64.0 Å². The molecule has 3 atom stereocenters. The lowest BCUT2D eigenvalue weighted by molar-refractivity contribution is -0.119. The van der Waals surface area contributed by atoms with Crippen molar-refractivity contribution >= 4 is 17.5 Å². The molecule has 0 aromatic carbocycles. The molecule has 3 unspecified atom stereocenters. The number of carbonyl (C=O) groups excluding carboxylic acids is 1. The van der Waals surface area contributed by atoms with Crippen LogP contribution >= 0.6 is 11.8 Å². The third-order valence-electron chi connectivity index (χ3n) is 5.82. The van der Waals surface area contributed by atoms with Crippen molar-refractivity contribution in [3.05, 3.63) is 59.6 Å². The molecule has 0 bridgehead atoms. The fraction of sp³-hybridized carbons (Fsp3) is 0.560. The van der Waals surface area contributed by atoms with Gasteiger partial charge in [-0.1, -0.05) is 57.2 Å². The second kappa shape index (κ2) is 13.0. The van der Waals surface area contributed by atoms with Crippen LogP contribution in [0.15, 0.2) is 59.6 Å². The summed E-state index contributed by atoms with van der Waals surface area (Å²) < 4.78 is 0. The van der Waals surface area contributed by atoms with Gasteiger partial charge in [-0.3, -0.25) is 4.79 Å². The zero-order chi connectivity index (χ0) is 21.1. The van der Waals surface area contributed by atoms with Crippen molar-refractivity contribution < 1.29 is 4.79 Å². The minimum absolute atomic E-state index is 0.0606. The van der Waals surface area contributed by atoms with Gasteiger partial charge in [0.15, 0.2) is 5.78 Å². The zero-order valence-corrected chi connectivity index (χ0v) is 19.2. The molecule has 2 aliphatic rings. The average molecular weight is 415 g/mol. The molecule has 0 saturated carbocycles. The molecular weight excluding hydrogens is 376 g/mol. The van der Waals surface area contributed by atoms with Gasteiger partial charge < -0.3 is 10.2 Å². The Morgan fingerprint density at radius 1 is 1.17 bits per heavy atom. The van der Waals surface area contributed by atoms with Crippen LogP contribution in [-0.2, 0) is 4.79 Å². The van der Waals surface area contributed by atoms with Gasteiger partial charge in [0.1, 0.15) is 0 Å². The molecule has 0 spiro atoms. The minimum Gasteiger partial charge on any atom is -0.317 e. The summed E-state index contributed by atoms with van der Waals surface area (Å²) in [5, 5.41) is 3.88. The summed E-state index contributed by atoms with van der Waals surface area (Å²) in [4.78, 5) is 17.0. The number of rotatable bonds is 12. The highest BCUT2D eigenvalue weighted by Crippen LogP contribution is 2.44. The first-order valence-electron chi connectivity index (χ1n) is 11.1. The second-order valence-corrected chi connectivity index (χ2v) is 9.07. The van der Waals surface area contributed by atoms with Crippen LogP contribution in [0.25, 0.3) is 0 Å². The van der Waals surface area contributed by atoms with E-state index in [2.05, 4.69) is 43.6 Å². The Kier molecular flexibility index (Phi) is 10.8. The van der Waals surface area contributed by atoms with Crippen LogP contribution in [0, 0.1) is 11.8 Å². The van der Waals surface area contributed by atoms with E-state index in [0.29, 0.717) is 17.0 Å². The van der Waals surface area contributed by atoms with Crippen molar-refractivity contribution in [2.75, 3.05) is 32.7 Å². The molecule has 1 aliphatic carbocycles. The van der Waals surface area contributed by atoms with E-state index in [-0.39, 0.29) is 5.92 Å². The summed E-state index contributed by atoms with van der Waals surface area (Å²) in [6.07, 6.45) is 17.1. The topological polar surface area (TPSA) is 32.3 Å². The Hall–Kier alpha value is -1.36. The van der Waals surface area contributed by atoms with Crippen LogP contribution in [0.5, 0.6) is 0 Å². The largest absolute Gasteiger partial charge is 0.317 e. The van der Waals surface area contributed by atoms with Crippen molar-refractivity contribution in [1.82, 2.24) is 10.2 Å². The first kappa shape index (κ1) is 23.9.